The summed E-state index contributed by atoms with van der Waals surface area (Å²) in [4.78, 5) is 0.0896. The average molecular weight is 521 g/mol. The zero-order chi connectivity index (χ0) is 26.9. The first-order valence-corrected chi connectivity index (χ1v) is 13.7. The first kappa shape index (κ1) is 28.5. The van der Waals surface area contributed by atoms with Crippen LogP contribution in [-0.2, 0) is 24.5 Å². The fraction of sp³-hybridized carbons (Fsp3) is 0.290. The molecule has 0 spiro atoms. The van der Waals surface area contributed by atoms with E-state index in [9.17, 15) is 8.42 Å². The number of methoxy groups -OCH3 is 1. The first-order valence-electron chi connectivity index (χ1n) is 12.3. The second kappa shape index (κ2) is 13.0. The molecule has 0 radical (unpaired) electrons. The molecule has 0 saturated heterocycles. The number of hydrogen-bond acceptors (Lipinski definition) is 5. The Hall–Kier alpha value is -3.03. The second-order valence-electron chi connectivity index (χ2n) is 9.88. The van der Waals surface area contributed by atoms with Gasteiger partial charge in [0.1, 0.15) is 0 Å². The molecule has 0 aliphatic heterocycles. The molecule has 196 valence electrons. The molecule has 5 nitrogen and oxygen atoms in total. The highest BCUT2D eigenvalue weighted by Crippen LogP contribution is 2.23. The summed E-state index contributed by atoms with van der Waals surface area (Å²) in [6, 6.07) is 23.4. The van der Waals surface area contributed by atoms with Crippen molar-refractivity contribution in [2.24, 2.45) is 0 Å². The van der Waals surface area contributed by atoms with Gasteiger partial charge in [0.05, 0.1) is 24.2 Å². The summed E-state index contributed by atoms with van der Waals surface area (Å²) in [6.45, 7) is 6.39. The smallest absolute Gasteiger partial charge is 0.296 e. The Labute approximate surface area is 221 Å². The van der Waals surface area contributed by atoms with E-state index in [-0.39, 0.29) is 29.9 Å². The molecule has 3 rings (SSSR count). The van der Waals surface area contributed by atoms with Crippen molar-refractivity contribution in [2.75, 3.05) is 20.3 Å². The normalized spacial score (nSPS) is 13.4. The minimum Gasteiger partial charge on any atom is -0.394 e. The molecule has 0 bridgehead atoms. The molecule has 1 unspecified atom stereocenters. The van der Waals surface area contributed by atoms with Crippen LogP contribution in [0, 0.1) is 0 Å². The van der Waals surface area contributed by atoms with Crippen molar-refractivity contribution in [1.29, 1.82) is 0 Å². The van der Waals surface area contributed by atoms with E-state index in [1.807, 2.05) is 24.3 Å². The van der Waals surface area contributed by atoms with E-state index in [1.54, 1.807) is 12.1 Å². The van der Waals surface area contributed by atoms with Gasteiger partial charge in [-0.25, -0.2) is 0 Å². The predicted octanol–water partition coefficient (Wildman–Crippen LogP) is 6.43. The van der Waals surface area contributed by atoms with E-state index in [1.165, 1.54) is 24.8 Å². The summed E-state index contributed by atoms with van der Waals surface area (Å²) < 4.78 is 34.8. The van der Waals surface area contributed by atoms with Crippen LogP contribution in [0.2, 0.25) is 0 Å². The minimum absolute atomic E-state index is 0.0578. The Kier molecular flexibility index (Phi) is 10.0. The van der Waals surface area contributed by atoms with Gasteiger partial charge in [-0.1, -0.05) is 106 Å². The fourth-order valence-corrected chi connectivity index (χ4v) is 4.51. The highest BCUT2D eigenvalue weighted by Gasteiger charge is 2.16. The van der Waals surface area contributed by atoms with Gasteiger partial charge >= 0.3 is 0 Å². The molecule has 0 amide bonds. The molecule has 0 fully saturated rings. The van der Waals surface area contributed by atoms with Crippen molar-refractivity contribution in [3.8, 4) is 0 Å². The Balaban J connectivity index is 1.56. The molecule has 0 heterocycles. The van der Waals surface area contributed by atoms with Gasteiger partial charge in [0.15, 0.2) is 0 Å². The summed E-state index contributed by atoms with van der Waals surface area (Å²) >= 11 is 0. The quantitative estimate of drug-likeness (QED) is 0.233. The predicted molar refractivity (Wildman–Crippen MR) is 152 cm³/mol. The second-order valence-corrected chi connectivity index (χ2v) is 11.5. The van der Waals surface area contributed by atoms with Crippen LogP contribution < -0.4 is 0 Å². The number of hydrogen-bond donors (Lipinski definition) is 1. The number of ether oxygens (including phenoxy) is 1. The van der Waals surface area contributed by atoms with Crippen LogP contribution in [0.5, 0.6) is 0 Å². The summed E-state index contributed by atoms with van der Waals surface area (Å²) in [6.07, 6.45) is 7.96. The highest BCUT2D eigenvalue weighted by atomic mass is 32.2. The molecule has 6 heteroatoms. The maximum Gasteiger partial charge on any atom is 0.296 e. The molecular formula is C31H36O5S. The standard InChI is InChI=1S/C31H36O5S/c1-31(2,3)28-17-13-26(14-18-28)11-9-24-5-7-25(8-6-24)10-12-27-15-19-30(20-16-27)37(33,34)36-22-21-29(23-32)35-4/h5-20,29,32H,21-23H2,1-4H3/b11-9+,12-10+. The van der Waals surface area contributed by atoms with Gasteiger partial charge in [-0.05, 0) is 45.4 Å². The van der Waals surface area contributed by atoms with E-state index in [4.69, 9.17) is 14.0 Å². The van der Waals surface area contributed by atoms with Gasteiger partial charge < -0.3 is 9.84 Å². The minimum atomic E-state index is -3.86. The van der Waals surface area contributed by atoms with Crippen LogP contribution in [0.3, 0.4) is 0 Å². The Morgan fingerprint density at radius 3 is 1.54 bits per heavy atom. The lowest BCUT2D eigenvalue weighted by Crippen LogP contribution is -2.19. The van der Waals surface area contributed by atoms with Crippen LogP contribution in [0.4, 0.5) is 0 Å². The molecule has 0 saturated carbocycles. The van der Waals surface area contributed by atoms with Gasteiger partial charge in [-0.15, -0.1) is 0 Å². The van der Waals surface area contributed by atoms with Crippen LogP contribution in [-0.4, -0.2) is 40.0 Å². The van der Waals surface area contributed by atoms with E-state index in [0.717, 1.165) is 22.3 Å². The van der Waals surface area contributed by atoms with Crippen molar-refractivity contribution in [3.05, 3.63) is 101 Å². The lowest BCUT2D eigenvalue weighted by molar-refractivity contribution is 0.0346. The lowest BCUT2D eigenvalue weighted by Gasteiger charge is -2.18. The third kappa shape index (κ3) is 8.79. The zero-order valence-corrected chi connectivity index (χ0v) is 22.7. The Morgan fingerprint density at radius 2 is 1.16 bits per heavy atom. The van der Waals surface area contributed by atoms with Crippen LogP contribution in [0.15, 0.2) is 77.7 Å². The maximum absolute atomic E-state index is 12.4. The molecule has 37 heavy (non-hydrogen) atoms. The van der Waals surface area contributed by atoms with Crippen molar-refractivity contribution >= 4 is 34.4 Å². The molecule has 0 aromatic heterocycles. The molecule has 1 N–H and O–H groups in total. The molecule has 0 aliphatic rings. The third-order valence-corrected chi connectivity index (χ3v) is 7.36. The molecular weight excluding hydrogens is 484 g/mol. The Bertz CT molecular complexity index is 1280. The van der Waals surface area contributed by atoms with Gasteiger partial charge in [0.25, 0.3) is 10.1 Å². The molecule has 3 aromatic rings. The Morgan fingerprint density at radius 1 is 0.757 bits per heavy atom. The van der Waals surface area contributed by atoms with Crippen molar-refractivity contribution in [3.63, 3.8) is 0 Å². The summed E-state index contributed by atoms with van der Waals surface area (Å²) in [7, 11) is -2.40. The van der Waals surface area contributed by atoms with Gasteiger partial charge in [0, 0.05) is 13.5 Å². The fourth-order valence-electron chi connectivity index (χ4n) is 3.58. The zero-order valence-electron chi connectivity index (χ0n) is 21.9. The van der Waals surface area contributed by atoms with Crippen molar-refractivity contribution in [2.45, 2.75) is 43.6 Å². The van der Waals surface area contributed by atoms with Crippen LogP contribution in [0.25, 0.3) is 24.3 Å². The topological polar surface area (TPSA) is 72.8 Å². The van der Waals surface area contributed by atoms with Crippen LogP contribution in [0.1, 0.15) is 55.0 Å². The van der Waals surface area contributed by atoms with Gasteiger partial charge in [-0.3, -0.25) is 4.18 Å². The average Bonchev–Trinajstić information content (AvgIpc) is 2.89. The number of aliphatic hydroxyl groups is 1. The SMILES string of the molecule is COC(CO)CCOS(=O)(=O)c1ccc(/C=C/c2ccc(/C=C/c3ccc(C(C)(C)C)cc3)cc2)cc1. The first-order chi connectivity index (χ1) is 17.6. The van der Waals surface area contributed by atoms with E-state index in [2.05, 4.69) is 69.3 Å². The number of aliphatic hydroxyl groups excluding tert-OH is 1. The maximum atomic E-state index is 12.4. The lowest BCUT2D eigenvalue weighted by atomic mass is 9.87. The largest absolute Gasteiger partial charge is 0.394 e. The van der Waals surface area contributed by atoms with E-state index in [0.29, 0.717) is 0 Å². The number of rotatable bonds is 11. The third-order valence-electron chi connectivity index (χ3n) is 6.03. The van der Waals surface area contributed by atoms with Crippen molar-refractivity contribution in [1.82, 2.24) is 0 Å². The monoisotopic (exact) mass is 520 g/mol. The highest BCUT2D eigenvalue weighted by molar-refractivity contribution is 7.86. The molecule has 3 aromatic carbocycles. The van der Waals surface area contributed by atoms with Crippen molar-refractivity contribution < 1.29 is 22.4 Å². The van der Waals surface area contributed by atoms with Crippen LogP contribution >= 0.6 is 0 Å². The van der Waals surface area contributed by atoms with Gasteiger partial charge in [0.2, 0.25) is 0 Å². The van der Waals surface area contributed by atoms with E-state index >= 15 is 0 Å². The summed E-state index contributed by atoms with van der Waals surface area (Å²) in [5.41, 5.74) is 5.67. The summed E-state index contributed by atoms with van der Waals surface area (Å²) in [5, 5.41) is 9.11. The molecule has 0 aliphatic carbocycles. The molecule has 1 atom stereocenters. The van der Waals surface area contributed by atoms with Gasteiger partial charge in [-0.2, -0.15) is 8.42 Å². The van der Waals surface area contributed by atoms with E-state index < -0.39 is 16.2 Å². The number of benzene rings is 3. The summed E-state index contributed by atoms with van der Waals surface area (Å²) in [5.74, 6) is 0.